The first-order valence-corrected chi connectivity index (χ1v) is 10.7. The number of hydrogen-bond acceptors (Lipinski definition) is 5. The number of likely N-dealkylation sites (N-methyl/N-ethyl adjacent to an activating group) is 1. The number of nitrogens with zero attached hydrogens (tertiary/aromatic N) is 3. The van der Waals surface area contributed by atoms with E-state index in [1.807, 2.05) is 83.9 Å². The minimum absolute atomic E-state index is 0.0889. The van der Waals surface area contributed by atoms with Crippen LogP contribution >= 0.6 is 0 Å². The van der Waals surface area contributed by atoms with E-state index in [1.165, 1.54) is 0 Å². The molecular weight excluding hydrogens is 392 g/mol. The standard InChI is InChI=1S/C24H34N4O3/c1-23(2,3)21(29)26-20-17-14-28(24(4,5)18(17)13-25-20)22(30)31-19(15-27(6)7)16-11-9-8-10-12-16/h8-12,19H,13-15H2,1-7H3,(H,25,26,29)/t19-/m1/s1. The number of amides is 2. The molecule has 3 rings (SSSR count). The van der Waals surface area contributed by atoms with Crippen molar-refractivity contribution in [2.24, 2.45) is 10.4 Å². The maximum atomic E-state index is 13.3. The van der Waals surface area contributed by atoms with Crippen LogP contribution < -0.4 is 5.32 Å². The summed E-state index contributed by atoms with van der Waals surface area (Å²) in [7, 11) is 3.92. The van der Waals surface area contributed by atoms with E-state index in [2.05, 4.69) is 10.3 Å². The van der Waals surface area contributed by atoms with E-state index in [4.69, 9.17) is 4.74 Å². The van der Waals surface area contributed by atoms with E-state index in [1.54, 1.807) is 4.90 Å². The first kappa shape index (κ1) is 23.0. The van der Waals surface area contributed by atoms with E-state index in [0.29, 0.717) is 25.5 Å². The summed E-state index contributed by atoms with van der Waals surface area (Å²) in [4.78, 5) is 34.0. The highest BCUT2D eigenvalue weighted by molar-refractivity contribution is 6.11. The fourth-order valence-electron chi connectivity index (χ4n) is 3.84. The molecule has 1 atom stereocenters. The molecule has 2 aliphatic heterocycles. The van der Waals surface area contributed by atoms with E-state index in [0.717, 1.165) is 16.7 Å². The Bertz CT molecular complexity index is 911. The lowest BCUT2D eigenvalue weighted by molar-refractivity contribution is -0.126. The van der Waals surface area contributed by atoms with Crippen LogP contribution in [0.15, 0.2) is 46.5 Å². The average molecular weight is 427 g/mol. The van der Waals surface area contributed by atoms with Gasteiger partial charge in [0.2, 0.25) is 5.91 Å². The Balaban J connectivity index is 1.76. The number of aliphatic imine (C=N–C) groups is 1. The number of rotatable bonds is 4. The van der Waals surface area contributed by atoms with Gasteiger partial charge < -0.3 is 15.0 Å². The molecule has 0 spiro atoms. The zero-order valence-corrected chi connectivity index (χ0v) is 19.7. The van der Waals surface area contributed by atoms with Crippen molar-refractivity contribution in [2.75, 3.05) is 33.7 Å². The van der Waals surface area contributed by atoms with Crippen molar-refractivity contribution in [1.29, 1.82) is 0 Å². The maximum Gasteiger partial charge on any atom is 0.411 e. The molecule has 0 aliphatic carbocycles. The second-order valence-electron chi connectivity index (χ2n) is 10.0. The third-order valence-electron chi connectivity index (χ3n) is 5.85. The van der Waals surface area contributed by atoms with E-state index in [9.17, 15) is 9.59 Å². The minimum Gasteiger partial charge on any atom is -0.440 e. The molecule has 31 heavy (non-hydrogen) atoms. The molecule has 0 saturated carbocycles. The predicted molar refractivity (Wildman–Crippen MR) is 122 cm³/mol. The third kappa shape index (κ3) is 4.82. The lowest BCUT2D eigenvalue weighted by Crippen LogP contribution is -2.47. The Morgan fingerprint density at radius 2 is 1.87 bits per heavy atom. The molecule has 7 nitrogen and oxygen atoms in total. The quantitative estimate of drug-likeness (QED) is 0.801. The van der Waals surface area contributed by atoms with Gasteiger partial charge in [-0.25, -0.2) is 4.79 Å². The van der Waals surface area contributed by atoms with Crippen molar-refractivity contribution in [2.45, 2.75) is 46.3 Å². The molecule has 2 amide bonds. The molecule has 1 aromatic carbocycles. The number of hydrogen-bond donors (Lipinski definition) is 1. The van der Waals surface area contributed by atoms with Gasteiger partial charge in [-0.05, 0) is 39.1 Å². The summed E-state index contributed by atoms with van der Waals surface area (Å²) in [6.07, 6.45) is -0.736. The number of benzene rings is 1. The number of nitrogens with one attached hydrogen (secondary N) is 1. The predicted octanol–water partition coefficient (Wildman–Crippen LogP) is 3.39. The topological polar surface area (TPSA) is 74.2 Å². The second-order valence-corrected chi connectivity index (χ2v) is 10.0. The number of amidine groups is 1. The van der Waals surface area contributed by atoms with Gasteiger partial charge in [-0.1, -0.05) is 51.1 Å². The first-order valence-electron chi connectivity index (χ1n) is 10.7. The molecule has 0 bridgehead atoms. The summed E-state index contributed by atoms with van der Waals surface area (Å²) in [5.74, 6) is 0.486. The highest BCUT2D eigenvalue weighted by atomic mass is 16.6. The summed E-state index contributed by atoms with van der Waals surface area (Å²) in [5.41, 5.74) is 1.87. The summed E-state index contributed by atoms with van der Waals surface area (Å²) >= 11 is 0. The Hall–Kier alpha value is -2.67. The van der Waals surface area contributed by atoms with Crippen LogP contribution in [0.1, 0.15) is 46.3 Å². The summed E-state index contributed by atoms with van der Waals surface area (Å²) in [6, 6.07) is 9.79. The van der Waals surface area contributed by atoms with E-state index >= 15 is 0 Å². The van der Waals surface area contributed by atoms with Crippen molar-refractivity contribution in [3.05, 3.63) is 47.0 Å². The largest absolute Gasteiger partial charge is 0.440 e. The summed E-state index contributed by atoms with van der Waals surface area (Å²) in [6.45, 7) is 11.0. The fraction of sp³-hybridized carbons (Fsp3) is 0.542. The number of ether oxygens (including phenoxy) is 1. The van der Waals surface area contributed by atoms with Gasteiger partial charge in [-0.2, -0.15) is 0 Å². The Morgan fingerprint density at radius 1 is 1.23 bits per heavy atom. The Morgan fingerprint density at radius 3 is 2.45 bits per heavy atom. The average Bonchev–Trinajstić information content (AvgIpc) is 3.19. The molecule has 0 saturated heterocycles. The van der Waals surface area contributed by atoms with Crippen molar-refractivity contribution < 1.29 is 14.3 Å². The van der Waals surface area contributed by atoms with Crippen LogP contribution in [0.5, 0.6) is 0 Å². The lowest BCUT2D eigenvalue weighted by Gasteiger charge is -2.35. The number of carbonyl (C=O) groups excluding carboxylic acids is 2. The molecule has 0 fully saturated rings. The molecule has 168 valence electrons. The van der Waals surface area contributed by atoms with Gasteiger partial charge in [0, 0.05) is 17.5 Å². The Kier molecular flexibility index (Phi) is 6.28. The van der Waals surface area contributed by atoms with Gasteiger partial charge in [-0.3, -0.25) is 14.7 Å². The monoisotopic (exact) mass is 426 g/mol. The van der Waals surface area contributed by atoms with E-state index in [-0.39, 0.29) is 18.1 Å². The van der Waals surface area contributed by atoms with Gasteiger partial charge in [0.1, 0.15) is 11.9 Å². The molecule has 0 aromatic heterocycles. The SMILES string of the molecule is CN(C)C[C@@H](OC(=O)N1CC2=C(CN=C2NC(=O)C(C)(C)C)C1(C)C)c1ccccc1. The van der Waals surface area contributed by atoms with Gasteiger partial charge >= 0.3 is 6.09 Å². The van der Waals surface area contributed by atoms with Crippen LogP contribution in [-0.2, 0) is 9.53 Å². The molecule has 2 aliphatic rings. The smallest absolute Gasteiger partial charge is 0.411 e. The Labute approximate surface area is 185 Å². The van der Waals surface area contributed by atoms with Crippen LogP contribution in [0.3, 0.4) is 0 Å². The highest BCUT2D eigenvalue weighted by Crippen LogP contribution is 2.39. The van der Waals surface area contributed by atoms with Gasteiger partial charge in [0.15, 0.2) is 0 Å². The zero-order chi connectivity index (χ0) is 23.0. The molecular formula is C24H34N4O3. The molecule has 0 unspecified atom stereocenters. The van der Waals surface area contributed by atoms with Crippen LogP contribution in [0.25, 0.3) is 0 Å². The maximum absolute atomic E-state index is 13.3. The molecule has 0 radical (unpaired) electrons. The third-order valence-corrected chi connectivity index (χ3v) is 5.85. The fourth-order valence-corrected chi connectivity index (χ4v) is 3.84. The minimum atomic E-state index is -0.538. The van der Waals surface area contributed by atoms with Crippen LogP contribution in [0.2, 0.25) is 0 Å². The van der Waals surface area contributed by atoms with Gasteiger partial charge in [0.05, 0.1) is 18.6 Å². The lowest BCUT2D eigenvalue weighted by atomic mass is 9.93. The van der Waals surface area contributed by atoms with Crippen molar-refractivity contribution >= 4 is 17.8 Å². The van der Waals surface area contributed by atoms with Crippen molar-refractivity contribution in [1.82, 2.24) is 15.1 Å². The highest BCUT2D eigenvalue weighted by Gasteiger charge is 2.47. The second kappa shape index (κ2) is 8.46. The molecule has 2 heterocycles. The molecule has 7 heteroatoms. The summed E-state index contributed by atoms with van der Waals surface area (Å²) < 4.78 is 5.99. The van der Waals surface area contributed by atoms with Gasteiger partial charge in [0.25, 0.3) is 0 Å². The van der Waals surface area contributed by atoms with Crippen LogP contribution in [0, 0.1) is 5.41 Å². The number of carbonyl (C=O) groups is 2. The van der Waals surface area contributed by atoms with Crippen LogP contribution in [-0.4, -0.2) is 66.9 Å². The molecule has 1 N–H and O–H groups in total. The zero-order valence-electron chi connectivity index (χ0n) is 19.7. The van der Waals surface area contributed by atoms with Gasteiger partial charge in [-0.15, -0.1) is 0 Å². The van der Waals surface area contributed by atoms with Crippen molar-refractivity contribution in [3.63, 3.8) is 0 Å². The molecule has 1 aromatic rings. The first-order chi connectivity index (χ1) is 14.4. The summed E-state index contributed by atoms with van der Waals surface area (Å²) in [5, 5.41) is 2.95. The van der Waals surface area contributed by atoms with Crippen LogP contribution in [0.4, 0.5) is 4.79 Å². The van der Waals surface area contributed by atoms with Crippen molar-refractivity contribution in [3.8, 4) is 0 Å². The van der Waals surface area contributed by atoms with E-state index < -0.39 is 11.0 Å². The normalized spacial score (nSPS) is 18.7.